The fourth-order valence-corrected chi connectivity index (χ4v) is 2.13. The van der Waals surface area contributed by atoms with Gasteiger partial charge in [-0.25, -0.2) is 0 Å². The van der Waals surface area contributed by atoms with E-state index in [-0.39, 0.29) is 0 Å². The Morgan fingerprint density at radius 1 is 1.29 bits per heavy atom. The predicted octanol–water partition coefficient (Wildman–Crippen LogP) is 3.00. The Kier molecular flexibility index (Phi) is 2.36. The molecule has 1 nitrogen and oxygen atoms in total. The minimum Gasteiger partial charge on any atom is -0.385 e. The second-order valence-electron chi connectivity index (χ2n) is 4.42. The van der Waals surface area contributed by atoms with Crippen LogP contribution in [0.15, 0.2) is 24.3 Å². The molecule has 0 radical (unpaired) electrons. The van der Waals surface area contributed by atoms with Gasteiger partial charge in [-0.2, -0.15) is 0 Å². The van der Waals surface area contributed by atoms with E-state index in [0.29, 0.717) is 5.92 Å². The number of benzene rings is 1. The highest BCUT2D eigenvalue weighted by Crippen LogP contribution is 2.47. The van der Waals surface area contributed by atoms with E-state index >= 15 is 0 Å². The molecule has 0 aromatic heterocycles. The lowest BCUT2D eigenvalue weighted by Crippen LogP contribution is -2.27. The fraction of sp³-hybridized carbons (Fsp3) is 0.538. The molecule has 0 saturated heterocycles. The molecule has 1 unspecified atom stereocenters. The van der Waals surface area contributed by atoms with Crippen molar-refractivity contribution in [2.24, 2.45) is 5.92 Å². The molecular formula is C13H18O. The van der Waals surface area contributed by atoms with E-state index in [4.69, 9.17) is 0 Å². The van der Waals surface area contributed by atoms with Gasteiger partial charge in [0.2, 0.25) is 0 Å². The van der Waals surface area contributed by atoms with Crippen LogP contribution < -0.4 is 0 Å². The van der Waals surface area contributed by atoms with Crippen molar-refractivity contribution in [1.82, 2.24) is 0 Å². The summed E-state index contributed by atoms with van der Waals surface area (Å²) in [6.45, 7) is 4.14. The summed E-state index contributed by atoms with van der Waals surface area (Å²) in [5.74, 6) is 0.496. The van der Waals surface area contributed by atoms with Gasteiger partial charge in [-0.05, 0) is 37.7 Å². The number of aliphatic hydroxyl groups is 1. The van der Waals surface area contributed by atoms with E-state index in [1.165, 1.54) is 18.4 Å². The molecule has 1 aliphatic rings. The molecule has 2 rings (SSSR count). The van der Waals surface area contributed by atoms with Crippen LogP contribution in [0.25, 0.3) is 0 Å². The van der Waals surface area contributed by atoms with Crippen LogP contribution in [0, 0.1) is 12.8 Å². The number of aryl methyl sites for hydroxylation is 1. The SMILES string of the molecule is CCC(O)(c1ccc(C)cc1)C1CC1. The molecule has 1 atom stereocenters. The largest absolute Gasteiger partial charge is 0.385 e. The first-order valence-corrected chi connectivity index (χ1v) is 5.46. The Labute approximate surface area is 85.8 Å². The van der Waals surface area contributed by atoms with Gasteiger partial charge in [0.15, 0.2) is 0 Å². The normalized spacial score (nSPS) is 20.5. The minimum absolute atomic E-state index is 0.496. The quantitative estimate of drug-likeness (QED) is 0.776. The van der Waals surface area contributed by atoms with Crippen LogP contribution in [-0.4, -0.2) is 5.11 Å². The number of hydrogen-bond donors (Lipinski definition) is 1. The summed E-state index contributed by atoms with van der Waals surface area (Å²) in [7, 11) is 0. The van der Waals surface area contributed by atoms with E-state index in [2.05, 4.69) is 38.1 Å². The van der Waals surface area contributed by atoms with Crippen molar-refractivity contribution >= 4 is 0 Å². The molecule has 0 spiro atoms. The van der Waals surface area contributed by atoms with E-state index in [1.54, 1.807) is 0 Å². The number of rotatable bonds is 3. The Morgan fingerprint density at radius 2 is 1.86 bits per heavy atom. The molecule has 0 bridgehead atoms. The van der Waals surface area contributed by atoms with Crippen molar-refractivity contribution in [3.05, 3.63) is 35.4 Å². The third-order valence-electron chi connectivity index (χ3n) is 3.34. The zero-order valence-electron chi connectivity index (χ0n) is 8.96. The molecule has 1 aromatic rings. The molecule has 1 heteroatoms. The maximum atomic E-state index is 10.5. The molecule has 1 aliphatic carbocycles. The van der Waals surface area contributed by atoms with E-state index in [1.807, 2.05) is 0 Å². The number of hydrogen-bond acceptors (Lipinski definition) is 1. The average Bonchev–Trinajstić information content (AvgIpc) is 3.01. The summed E-state index contributed by atoms with van der Waals surface area (Å²) in [4.78, 5) is 0. The highest BCUT2D eigenvalue weighted by Gasteiger charge is 2.43. The molecule has 1 fully saturated rings. The third-order valence-corrected chi connectivity index (χ3v) is 3.34. The van der Waals surface area contributed by atoms with Crippen LogP contribution in [0.4, 0.5) is 0 Å². The van der Waals surface area contributed by atoms with Crippen molar-refractivity contribution in [3.8, 4) is 0 Å². The third kappa shape index (κ3) is 1.57. The molecule has 1 N–H and O–H groups in total. The maximum absolute atomic E-state index is 10.5. The standard InChI is InChI=1S/C13H18O/c1-3-13(14,12-8-9-12)11-6-4-10(2)5-7-11/h4-7,12,14H,3,8-9H2,1-2H3. The summed E-state index contributed by atoms with van der Waals surface area (Å²) in [6, 6.07) is 8.30. The summed E-state index contributed by atoms with van der Waals surface area (Å²) in [6.07, 6.45) is 3.18. The van der Waals surface area contributed by atoms with Crippen LogP contribution in [-0.2, 0) is 5.60 Å². The maximum Gasteiger partial charge on any atom is 0.0921 e. The molecule has 0 amide bonds. The monoisotopic (exact) mass is 190 g/mol. The van der Waals surface area contributed by atoms with Gasteiger partial charge in [-0.1, -0.05) is 36.8 Å². The first-order valence-electron chi connectivity index (χ1n) is 5.46. The molecule has 1 saturated carbocycles. The van der Waals surface area contributed by atoms with Crippen molar-refractivity contribution in [1.29, 1.82) is 0 Å². The zero-order valence-corrected chi connectivity index (χ0v) is 8.96. The van der Waals surface area contributed by atoms with Crippen molar-refractivity contribution in [3.63, 3.8) is 0 Å². The van der Waals surface area contributed by atoms with Crippen molar-refractivity contribution in [2.45, 2.75) is 38.7 Å². The smallest absolute Gasteiger partial charge is 0.0921 e. The van der Waals surface area contributed by atoms with Gasteiger partial charge >= 0.3 is 0 Å². The lowest BCUT2D eigenvalue weighted by molar-refractivity contribution is 0.00890. The topological polar surface area (TPSA) is 20.2 Å². The van der Waals surface area contributed by atoms with Crippen LogP contribution in [0.5, 0.6) is 0 Å². The van der Waals surface area contributed by atoms with E-state index < -0.39 is 5.60 Å². The van der Waals surface area contributed by atoms with Crippen molar-refractivity contribution < 1.29 is 5.11 Å². The summed E-state index contributed by atoms with van der Waals surface area (Å²) >= 11 is 0. The van der Waals surface area contributed by atoms with Crippen LogP contribution in [0.1, 0.15) is 37.3 Å². The Balaban J connectivity index is 2.31. The Morgan fingerprint density at radius 3 is 2.29 bits per heavy atom. The van der Waals surface area contributed by atoms with E-state index in [0.717, 1.165) is 12.0 Å². The molecule has 0 heterocycles. The molecule has 1 aromatic carbocycles. The minimum atomic E-state index is -0.562. The van der Waals surface area contributed by atoms with Crippen LogP contribution in [0.2, 0.25) is 0 Å². The summed E-state index contributed by atoms with van der Waals surface area (Å²) < 4.78 is 0. The van der Waals surface area contributed by atoms with Gasteiger partial charge in [-0.15, -0.1) is 0 Å². The van der Waals surface area contributed by atoms with Gasteiger partial charge in [0, 0.05) is 0 Å². The second kappa shape index (κ2) is 3.39. The molecular weight excluding hydrogens is 172 g/mol. The first-order chi connectivity index (χ1) is 6.66. The lowest BCUT2D eigenvalue weighted by Gasteiger charge is -2.27. The molecule has 76 valence electrons. The van der Waals surface area contributed by atoms with E-state index in [9.17, 15) is 5.11 Å². The Hall–Kier alpha value is -0.820. The van der Waals surface area contributed by atoms with Crippen molar-refractivity contribution in [2.75, 3.05) is 0 Å². The average molecular weight is 190 g/mol. The molecule has 14 heavy (non-hydrogen) atoms. The van der Waals surface area contributed by atoms with Gasteiger partial charge in [0.05, 0.1) is 5.60 Å². The van der Waals surface area contributed by atoms with Crippen LogP contribution >= 0.6 is 0 Å². The van der Waals surface area contributed by atoms with Crippen LogP contribution in [0.3, 0.4) is 0 Å². The second-order valence-corrected chi connectivity index (χ2v) is 4.42. The van der Waals surface area contributed by atoms with Gasteiger partial charge in [0.1, 0.15) is 0 Å². The summed E-state index contributed by atoms with van der Waals surface area (Å²) in [5.41, 5.74) is 1.78. The van der Waals surface area contributed by atoms with Gasteiger partial charge in [-0.3, -0.25) is 0 Å². The lowest BCUT2D eigenvalue weighted by atomic mass is 9.86. The predicted molar refractivity (Wildman–Crippen MR) is 58.1 cm³/mol. The van der Waals surface area contributed by atoms with Gasteiger partial charge in [0.25, 0.3) is 0 Å². The fourth-order valence-electron chi connectivity index (χ4n) is 2.13. The first kappa shape index (κ1) is 9.72. The summed E-state index contributed by atoms with van der Waals surface area (Å²) in [5, 5.41) is 10.5. The zero-order chi connectivity index (χ0) is 10.2. The highest BCUT2D eigenvalue weighted by molar-refractivity contribution is 5.28. The highest BCUT2D eigenvalue weighted by atomic mass is 16.3. The Bertz CT molecular complexity index is 311. The van der Waals surface area contributed by atoms with Gasteiger partial charge < -0.3 is 5.11 Å². The molecule has 0 aliphatic heterocycles.